The van der Waals surface area contributed by atoms with Crippen molar-refractivity contribution >= 4 is 23.3 Å². The van der Waals surface area contributed by atoms with Crippen molar-refractivity contribution in [3.05, 3.63) is 39.8 Å². The second-order valence-electron chi connectivity index (χ2n) is 8.47. The van der Waals surface area contributed by atoms with Crippen LogP contribution in [0.5, 0.6) is 0 Å². The molecule has 1 N–H and O–H groups in total. The lowest BCUT2D eigenvalue weighted by Gasteiger charge is -2.34. The Morgan fingerprint density at radius 1 is 1.24 bits per heavy atom. The van der Waals surface area contributed by atoms with Crippen molar-refractivity contribution in [2.75, 3.05) is 18.4 Å². The lowest BCUT2D eigenvalue weighted by molar-refractivity contribution is 0.0210. The third-order valence-corrected chi connectivity index (χ3v) is 4.89. The van der Waals surface area contributed by atoms with E-state index < -0.39 is 5.60 Å². The quantitative estimate of drug-likeness (QED) is 0.796. The van der Waals surface area contributed by atoms with E-state index >= 15 is 0 Å². The summed E-state index contributed by atoms with van der Waals surface area (Å²) in [5.74, 6) is -0.0142. The van der Waals surface area contributed by atoms with Crippen LogP contribution in [0.1, 0.15) is 56.5 Å². The van der Waals surface area contributed by atoms with E-state index in [2.05, 4.69) is 10.3 Å². The van der Waals surface area contributed by atoms with E-state index in [-0.39, 0.29) is 29.0 Å². The lowest BCUT2D eigenvalue weighted by atomic mass is 10.0. The fourth-order valence-corrected chi connectivity index (χ4v) is 3.45. The Labute approximate surface area is 169 Å². The molecule has 3 rings (SSSR count). The molecule has 1 aliphatic rings. The molecule has 3 heterocycles. The van der Waals surface area contributed by atoms with Gasteiger partial charge in [0, 0.05) is 25.3 Å². The highest BCUT2D eigenvalue weighted by Crippen LogP contribution is 2.20. The molecule has 1 amide bonds. The van der Waals surface area contributed by atoms with Crippen LogP contribution in [0.15, 0.2) is 23.1 Å². The Morgan fingerprint density at radius 2 is 1.90 bits per heavy atom. The zero-order chi connectivity index (χ0) is 21.3. The molecule has 0 radical (unpaired) electrons. The van der Waals surface area contributed by atoms with E-state index in [1.807, 2.05) is 33.8 Å². The number of ether oxygens (including phenoxy) is 1. The highest BCUT2D eigenvalue weighted by molar-refractivity contribution is 5.98. The van der Waals surface area contributed by atoms with Crippen molar-refractivity contribution in [2.45, 2.75) is 59.1 Å². The van der Waals surface area contributed by atoms with Crippen molar-refractivity contribution in [1.82, 2.24) is 14.3 Å². The van der Waals surface area contributed by atoms with E-state index in [0.717, 1.165) is 5.56 Å². The summed E-state index contributed by atoms with van der Waals surface area (Å²) in [6.07, 6.45) is 2.64. The molecule has 8 nitrogen and oxygen atoms in total. The van der Waals surface area contributed by atoms with Gasteiger partial charge in [0.15, 0.2) is 5.78 Å². The van der Waals surface area contributed by atoms with E-state index in [1.54, 1.807) is 17.2 Å². The number of amides is 1. The van der Waals surface area contributed by atoms with Crippen LogP contribution in [0.2, 0.25) is 0 Å². The third-order valence-electron chi connectivity index (χ3n) is 4.89. The van der Waals surface area contributed by atoms with Crippen molar-refractivity contribution in [2.24, 2.45) is 0 Å². The van der Waals surface area contributed by atoms with Crippen LogP contribution >= 0.6 is 0 Å². The summed E-state index contributed by atoms with van der Waals surface area (Å²) in [6.45, 7) is 9.84. The number of rotatable bonds is 3. The standard InChI is InChI=1S/C21H28N4O4/c1-13-7-6-10-25-18(13)23-17(16(14(2)26)19(25)27)22-15-8-11-24(12-9-15)20(28)29-21(3,4)5/h6-7,10,15,22H,8-9,11-12H2,1-5H3. The molecule has 0 spiro atoms. The molecule has 29 heavy (non-hydrogen) atoms. The highest BCUT2D eigenvalue weighted by atomic mass is 16.6. The van der Waals surface area contributed by atoms with Gasteiger partial charge in [-0.1, -0.05) is 6.07 Å². The van der Waals surface area contributed by atoms with Crippen molar-refractivity contribution < 1.29 is 14.3 Å². The molecular formula is C21H28N4O4. The Kier molecular flexibility index (Phi) is 5.64. The molecule has 1 fully saturated rings. The molecule has 0 bridgehead atoms. The molecular weight excluding hydrogens is 372 g/mol. The van der Waals surface area contributed by atoms with E-state index in [0.29, 0.717) is 37.4 Å². The third kappa shape index (κ3) is 4.58. The maximum Gasteiger partial charge on any atom is 0.410 e. The molecule has 0 unspecified atom stereocenters. The van der Waals surface area contributed by atoms with Crippen LogP contribution in [0.25, 0.3) is 5.65 Å². The first-order valence-electron chi connectivity index (χ1n) is 9.84. The second-order valence-corrected chi connectivity index (χ2v) is 8.47. The number of carbonyl (C=O) groups is 2. The van der Waals surface area contributed by atoms with Gasteiger partial charge >= 0.3 is 6.09 Å². The molecule has 156 valence electrons. The van der Waals surface area contributed by atoms with Crippen molar-refractivity contribution in [3.63, 3.8) is 0 Å². The summed E-state index contributed by atoms with van der Waals surface area (Å²) in [5, 5.41) is 3.27. The molecule has 1 aliphatic heterocycles. The minimum atomic E-state index is -0.530. The fourth-order valence-electron chi connectivity index (χ4n) is 3.45. The van der Waals surface area contributed by atoms with Gasteiger partial charge in [-0.15, -0.1) is 0 Å². The number of nitrogens with zero attached hydrogens (tertiary/aromatic N) is 3. The number of ketones is 1. The normalized spacial score (nSPS) is 15.4. The summed E-state index contributed by atoms with van der Waals surface area (Å²) in [7, 11) is 0. The summed E-state index contributed by atoms with van der Waals surface area (Å²) in [5.41, 5.74) is 0.527. The van der Waals surface area contributed by atoms with Gasteiger partial charge in [0.2, 0.25) is 0 Å². The van der Waals surface area contributed by atoms with Crippen LogP contribution in [0, 0.1) is 6.92 Å². The smallest absolute Gasteiger partial charge is 0.410 e. The number of aryl methyl sites for hydroxylation is 1. The number of aromatic nitrogens is 2. The number of hydrogen-bond donors (Lipinski definition) is 1. The maximum absolute atomic E-state index is 12.9. The minimum absolute atomic E-state index is 0.00477. The van der Waals surface area contributed by atoms with Crippen molar-refractivity contribution in [1.29, 1.82) is 0 Å². The molecule has 0 atom stereocenters. The van der Waals surface area contributed by atoms with E-state index in [4.69, 9.17) is 4.74 Å². The molecule has 2 aromatic heterocycles. The lowest BCUT2D eigenvalue weighted by Crippen LogP contribution is -2.45. The molecule has 2 aromatic rings. The summed E-state index contributed by atoms with van der Waals surface area (Å²) < 4.78 is 6.83. The van der Waals surface area contributed by atoms with Gasteiger partial charge in [-0.05, 0) is 59.1 Å². The summed E-state index contributed by atoms with van der Waals surface area (Å²) >= 11 is 0. The molecule has 0 aromatic carbocycles. The number of Topliss-reactive ketones (excluding diaryl/α,β-unsaturated/α-hetero) is 1. The van der Waals surface area contributed by atoms with Gasteiger partial charge in [-0.25, -0.2) is 9.78 Å². The Balaban J connectivity index is 1.80. The zero-order valence-corrected chi connectivity index (χ0v) is 17.6. The largest absolute Gasteiger partial charge is 0.444 e. The fraction of sp³-hybridized carbons (Fsp3) is 0.524. The van der Waals surface area contributed by atoms with Crippen molar-refractivity contribution in [3.8, 4) is 0 Å². The molecule has 0 aliphatic carbocycles. The number of fused-ring (bicyclic) bond motifs is 1. The van der Waals surface area contributed by atoms with Crippen LogP contribution in [0.3, 0.4) is 0 Å². The zero-order valence-electron chi connectivity index (χ0n) is 17.6. The van der Waals surface area contributed by atoms with Crippen LogP contribution < -0.4 is 10.9 Å². The minimum Gasteiger partial charge on any atom is -0.444 e. The SMILES string of the molecule is CC(=O)c1c(NC2CCN(C(=O)OC(C)(C)C)CC2)nc2c(C)cccn2c1=O. The number of anilines is 1. The summed E-state index contributed by atoms with van der Waals surface area (Å²) in [6, 6.07) is 3.64. The number of piperidine rings is 1. The Bertz CT molecular complexity index is 998. The number of likely N-dealkylation sites (tertiary alicyclic amines) is 1. The first-order chi connectivity index (χ1) is 13.6. The Hall–Kier alpha value is -2.90. The van der Waals surface area contributed by atoms with Gasteiger partial charge in [-0.2, -0.15) is 0 Å². The number of nitrogens with one attached hydrogen (secondary N) is 1. The van der Waals surface area contributed by atoms with Crippen LogP contribution in [-0.2, 0) is 4.74 Å². The molecule has 1 saturated heterocycles. The summed E-state index contributed by atoms with van der Waals surface area (Å²) in [4.78, 5) is 43.5. The van der Waals surface area contributed by atoms with Gasteiger partial charge in [0.1, 0.15) is 22.6 Å². The predicted octanol–water partition coefficient (Wildman–Crippen LogP) is 3.02. The maximum atomic E-state index is 12.9. The van der Waals surface area contributed by atoms with Gasteiger partial charge in [0.05, 0.1) is 0 Å². The van der Waals surface area contributed by atoms with Crippen LogP contribution in [-0.4, -0.2) is 50.9 Å². The van der Waals surface area contributed by atoms with Crippen LogP contribution in [0.4, 0.5) is 10.6 Å². The number of carbonyl (C=O) groups excluding carboxylic acids is 2. The number of pyridine rings is 1. The van der Waals surface area contributed by atoms with Gasteiger partial charge in [0.25, 0.3) is 5.56 Å². The molecule has 0 saturated carbocycles. The molecule has 8 heteroatoms. The number of hydrogen-bond acceptors (Lipinski definition) is 6. The average Bonchev–Trinajstić information content (AvgIpc) is 2.61. The van der Waals surface area contributed by atoms with E-state index in [1.165, 1.54) is 11.3 Å². The monoisotopic (exact) mass is 400 g/mol. The predicted molar refractivity (Wildman–Crippen MR) is 111 cm³/mol. The first-order valence-corrected chi connectivity index (χ1v) is 9.84. The Morgan fingerprint density at radius 3 is 2.48 bits per heavy atom. The van der Waals surface area contributed by atoms with Gasteiger partial charge in [-0.3, -0.25) is 14.0 Å². The second kappa shape index (κ2) is 7.85. The topological polar surface area (TPSA) is 93.0 Å². The first kappa shape index (κ1) is 20.8. The average molecular weight is 400 g/mol. The highest BCUT2D eigenvalue weighted by Gasteiger charge is 2.28. The van der Waals surface area contributed by atoms with E-state index in [9.17, 15) is 14.4 Å². The van der Waals surface area contributed by atoms with Gasteiger partial charge < -0.3 is 15.0 Å².